The number of amides is 1. The highest BCUT2D eigenvalue weighted by atomic mass is 35.5. The van der Waals surface area contributed by atoms with E-state index in [9.17, 15) is 9.59 Å². The minimum Gasteiger partial charge on any atom is -0.480 e. The number of pyridine rings is 1. The highest BCUT2D eigenvalue weighted by molar-refractivity contribution is 6.40. The highest BCUT2D eigenvalue weighted by Gasteiger charge is 2.21. The summed E-state index contributed by atoms with van der Waals surface area (Å²) in [6, 6.07) is 5.72. The van der Waals surface area contributed by atoms with Crippen LogP contribution in [0.4, 0.5) is 5.69 Å². The van der Waals surface area contributed by atoms with Crippen molar-refractivity contribution in [3.05, 3.63) is 57.8 Å². The molecule has 0 aliphatic rings. The van der Waals surface area contributed by atoms with Crippen molar-refractivity contribution in [1.82, 2.24) is 4.98 Å². The number of hydrogen-bond acceptors (Lipinski definition) is 4. The van der Waals surface area contributed by atoms with Gasteiger partial charge in [0.05, 0.1) is 15.6 Å². The molecular formula is C16H16Cl3N3O3. The Kier molecular flexibility index (Phi) is 7.63. The van der Waals surface area contributed by atoms with Crippen LogP contribution in [-0.4, -0.2) is 28.0 Å². The van der Waals surface area contributed by atoms with Crippen molar-refractivity contribution < 1.29 is 14.7 Å². The van der Waals surface area contributed by atoms with E-state index in [2.05, 4.69) is 10.3 Å². The molecule has 1 heterocycles. The molecule has 2 atom stereocenters. The van der Waals surface area contributed by atoms with Crippen LogP contribution in [0.25, 0.3) is 0 Å². The second-order valence-electron chi connectivity index (χ2n) is 5.21. The van der Waals surface area contributed by atoms with E-state index in [0.29, 0.717) is 5.69 Å². The van der Waals surface area contributed by atoms with Gasteiger partial charge in [-0.05, 0) is 17.7 Å². The summed E-state index contributed by atoms with van der Waals surface area (Å²) >= 11 is 11.9. The van der Waals surface area contributed by atoms with Crippen LogP contribution >= 0.6 is 35.6 Å². The number of nitrogens with one attached hydrogen (secondary N) is 1. The number of halogens is 3. The molecule has 6 nitrogen and oxygen atoms in total. The number of carbonyl (C=O) groups is 2. The van der Waals surface area contributed by atoms with Crippen LogP contribution in [0.5, 0.6) is 0 Å². The predicted molar refractivity (Wildman–Crippen MR) is 99.9 cm³/mol. The molecule has 0 saturated carbocycles. The lowest BCUT2D eigenvalue weighted by molar-refractivity contribution is -0.139. The van der Waals surface area contributed by atoms with Gasteiger partial charge in [-0.3, -0.25) is 14.6 Å². The standard InChI is InChI=1S/C16H15Cl2N3O3.ClH/c1-8(14(19)16(23)24)9-2-4-10(5-3-9)21-15(22)13-11(17)6-20-7-12(13)18;/h2-8,14H,19H2,1H3,(H,21,22)(H,23,24);1H. The smallest absolute Gasteiger partial charge is 0.321 e. The highest BCUT2D eigenvalue weighted by Crippen LogP contribution is 2.25. The first-order chi connectivity index (χ1) is 11.3. The summed E-state index contributed by atoms with van der Waals surface area (Å²) < 4.78 is 0. The Morgan fingerprint density at radius 1 is 1.16 bits per heavy atom. The van der Waals surface area contributed by atoms with Gasteiger partial charge in [0.25, 0.3) is 5.91 Å². The Bertz CT molecular complexity index is 749. The average Bonchev–Trinajstić information content (AvgIpc) is 2.54. The summed E-state index contributed by atoms with van der Waals surface area (Å²) in [5.74, 6) is -1.89. The Hall–Kier alpha value is -1.86. The third kappa shape index (κ3) is 5.06. The maximum atomic E-state index is 12.3. The van der Waals surface area contributed by atoms with E-state index >= 15 is 0 Å². The van der Waals surface area contributed by atoms with E-state index in [-0.39, 0.29) is 33.9 Å². The average molecular weight is 405 g/mol. The van der Waals surface area contributed by atoms with Crippen LogP contribution < -0.4 is 11.1 Å². The minimum atomic E-state index is -1.07. The molecule has 25 heavy (non-hydrogen) atoms. The number of carbonyl (C=O) groups excluding carboxylic acids is 1. The van der Waals surface area contributed by atoms with E-state index in [1.54, 1.807) is 31.2 Å². The summed E-state index contributed by atoms with van der Waals surface area (Å²) in [6.07, 6.45) is 2.67. The molecular weight excluding hydrogens is 389 g/mol. The van der Waals surface area contributed by atoms with Crippen molar-refractivity contribution in [3.63, 3.8) is 0 Å². The molecule has 0 aliphatic heterocycles. The van der Waals surface area contributed by atoms with Crippen molar-refractivity contribution in [2.75, 3.05) is 5.32 Å². The van der Waals surface area contributed by atoms with Crippen LogP contribution in [0.2, 0.25) is 10.0 Å². The van der Waals surface area contributed by atoms with Gasteiger partial charge in [-0.1, -0.05) is 42.3 Å². The SMILES string of the molecule is CC(c1ccc(NC(=O)c2c(Cl)cncc2Cl)cc1)C(N)C(=O)O.Cl. The molecule has 9 heteroatoms. The quantitative estimate of drug-likeness (QED) is 0.706. The molecule has 0 saturated heterocycles. The lowest BCUT2D eigenvalue weighted by Crippen LogP contribution is -2.35. The molecule has 1 aromatic carbocycles. The first-order valence-corrected chi connectivity index (χ1v) is 7.75. The summed E-state index contributed by atoms with van der Waals surface area (Å²) in [5.41, 5.74) is 7.02. The molecule has 2 unspecified atom stereocenters. The Balaban J connectivity index is 0.00000312. The largest absolute Gasteiger partial charge is 0.480 e. The molecule has 134 valence electrons. The van der Waals surface area contributed by atoms with Gasteiger partial charge in [0.2, 0.25) is 0 Å². The fourth-order valence-corrected chi connectivity index (χ4v) is 2.65. The molecule has 2 rings (SSSR count). The fourth-order valence-electron chi connectivity index (χ4n) is 2.11. The molecule has 1 aromatic heterocycles. The summed E-state index contributed by atoms with van der Waals surface area (Å²) in [6.45, 7) is 1.73. The van der Waals surface area contributed by atoms with Crippen LogP contribution in [0.3, 0.4) is 0 Å². The van der Waals surface area contributed by atoms with Gasteiger partial charge in [-0.15, -0.1) is 12.4 Å². The van der Waals surface area contributed by atoms with Gasteiger partial charge < -0.3 is 16.2 Å². The number of nitrogens with zero attached hydrogens (tertiary/aromatic N) is 1. The number of aliphatic carboxylic acids is 1. The molecule has 4 N–H and O–H groups in total. The zero-order valence-corrected chi connectivity index (χ0v) is 15.4. The van der Waals surface area contributed by atoms with Crippen molar-refractivity contribution in [2.45, 2.75) is 18.9 Å². The first kappa shape index (κ1) is 21.2. The van der Waals surface area contributed by atoms with Gasteiger partial charge in [-0.25, -0.2) is 0 Å². The Labute approximate surface area is 160 Å². The molecule has 0 fully saturated rings. The van der Waals surface area contributed by atoms with Crippen molar-refractivity contribution in [2.24, 2.45) is 5.73 Å². The van der Waals surface area contributed by atoms with E-state index in [1.807, 2.05) is 0 Å². The second kappa shape index (κ2) is 9.01. The molecule has 0 bridgehead atoms. The van der Waals surface area contributed by atoms with Crippen LogP contribution in [0.1, 0.15) is 28.8 Å². The third-order valence-electron chi connectivity index (χ3n) is 3.60. The topological polar surface area (TPSA) is 105 Å². The monoisotopic (exact) mass is 403 g/mol. The van der Waals surface area contributed by atoms with E-state index in [4.69, 9.17) is 34.0 Å². The molecule has 2 aromatic rings. The number of carboxylic acid groups (broad SMARTS) is 1. The van der Waals surface area contributed by atoms with E-state index in [1.165, 1.54) is 12.4 Å². The number of anilines is 1. The molecule has 1 amide bonds. The van der Waals surface area contributed by atoms with E-state index in [0.717, 1.165) is 5.56 Å². The number of rotatable bonds is 5. The number of benzene rings is 1. The zero-order chi connectivity index (χ0) is 17.9. The van der Waals surface area contributed by atoms with Gasteiger partial charge in [0.15, 0.2) is 0 Å². The van der Waals surface area contributed by atoms with Gasteiger partial charge in [-0.2, -0.15) is 0 Å². The summed E-state index contributed by atoms with van der Waals surface area (Å²) in [4.78, 5) is 27.0. The van der Waals surface area contributed by atoms with Gasteiger partial charge >= 0.3 is 5.97 Å². The van der Waals surface area contributed by atoms with Crippen molar-refractivity contribution in [1.29, 1.82) is 0 Å². The normalized spacial score (nSPS) is 12.6. The molecule has 0 aliphatic carbocycles. The predicted octanol–water partition coefficient (Wildman–Crippen LogP) is 3.58. The van der Waals surface area contributed by atoms with Gasteiger partial charge in [0, 0.05) is 24.0 Å². The fraction of sp³-hybridized carbons (Fsp3) is 0.188. The lowest BCUT2D eigenvalue weighted by atomic mass is 9.94. The maximum absolute atomic E-state index is 12.3. The lowest BCUT2D eigenvalue weighted by Gasteiger charge is -2.16. The number of carboxylic acids is 1. The minimum absolute atomic E-state index is 0. The Morgan fingerprint density at radius 3 is 2.16 bits per heavy atom. The van der Waals surface area contributed by atoms with E-state index < -0.39 is 17.9 Å². The number of hydrogen-bond donors (Lipinski definition) is 3. The second-order valence-corrected chi connectivity index (χ2v) is 6.02. The van der Waals surface area contributed by atoms with Gasteiger partial charge in [0.1, 0.15) is 6.04 Å². The number of nitrogens with two attached hydrogens (primary N) is 1. The van der Waals surface area contributed by atoms with Crippen molar-refractivity contribution in [3.8, 4) is 0 Å². The maximum Gasteiger partial charge on any atom is 0.321 e. The third-order valence-corrected chi connectivity index (χ3v) is 4.17. The summed E-state index contributed by atoms with van der Waals surface area (Å²) in [7, 11) is 0. The summed E-state index contributed by atoms with van der Waals surface area (Å²) in [5, 5.41) is 11.9. The molecule has 0 radical (unpaired) electrons. The Morgan fingerprint density at radius 2 is 1.68 bits per heavy atom. The van der Waals surface area contributed by atoms with Crippen LogP contribution in [0.15, 0.2) is 36.7 Å². The van der Waals surface area contributed by atoms with Crippen molar-refractivity contribution >= 4 is 53.2 Å². The van der Waals surface area contributed by atoms with Crippen LogP contribution in [0, 0.1) is 0 Å². The first-order valence-electron chi connectivity index (χ1n) is 7.00. The molecule has 0 spiro atoms. The van der Waals surface area contributed by atoms with Crippen LogP contribution in [-0.2, 0) is 4.79 Å². The number of aromatic nitrogens is 1. The zero-order valence-electron chi connectivity index (χ0n) is 13.1.